The summed E-state index contributed by atoms with van der Waals surface area (Å²) in [6.07, 6.45) is 0.669. The van der Waals surface area contributed by atoms with Crippen LogP contribution in [0.15, 0.2) is 42.5 Å². The number of methoxy groups -OCH3 is 2. The van der Waals surface area contributed by atoms with Gasteiger partial charge in [0.25, 0.3) is 0 Å². The van der Waals surface area contributed by atoms with Gasteiger partial charge in [-0.2, -0.15) is 0 Å². The highest BCUT2D eigenvalue weighted by Crippen LogP contribution is 2.36. The molecule has 3 rings (SSSR count). The molecular weight excluding hydrogens is 424 g/mol. The monoisotopic (exact) mass is 448 g/mol. The van der Waals surface area contributed by atoms with Gasteiger partial charge in [-0.15, -0.1) is 0 Å². The van der Waals surface area contributed by atoms with E-state index >= 15 is 0 Å². The van der Waals surface area contributed by atoms with Gasteiger partial charge in [-0.25, -0.2) is 0 Å². The number of nitrogens with zero attached hydrogens (tertiary/aromatic N) is 2. The minimum absolute atomic E-state index is 0.0677. The van der Waals surface area contributed by atoms with Gasteiger partial charge in [-0.05, 0) is 41.8 Å². The minimum atomic E-state index is -0.893. The number of nitro groups is 1. The molecule has 1 aliphatic rings. The fourth-order valence-corrected chi connectivity index (χ4v) is 3.97. The molecule has 9 heteroatoms. The average Bonchev–Trinajstić information content (AvgIpc) is 2.78. The molecule has 31 heavy (non-hydrogen) atoms. The van der Waals surface area contributed by atoms with E-state index < -0.39 is 12.0 Å². The van der Waals surface area contributed by atoms with Gasteiger partial charge in [-0.3, -0.25) is 14.9 Å². The second-order valence-corrected chi connectivity index (χ2v) is 7.48. The van der Waals surface area contributed by atoms with Gasteiger partial charge in [0.05, 0.1) is 26.7 Å². The van der Waals surface area contributed by atoms with E-state index in [1.54, 1.807) is 23.1 Å². The average molecular weight is 449 g/mol. The number of rotatable bonds is 9. The fourth-order valence-electron chi connectivity index (χ4n) is 3.84. The number of carbonyl (C=O) groups excluding carboxylic acids is 1. The zero-order chi connectivity index (χ0) is 22.4. The summed E-state index contributed by atoms with van der Waals surface area (Å²) in [4.78, 5) is 25.9. The second-order valence-electron chi connectivity index (χ2n) is 7.26. The van der Waals surface area contributed by atoms with E-state index in [0.717, 1.165) is 5.56 Å². The Morgan fingerprint density at radius 2 is 1.84 bits per heavy atom. The van der Waals surface area contributed by atoms with E-state index in [-0.39, 0.29) is 29.9 Å². The van der Waals surface area contributed by atoms with Crippen LogP contribution in [-0.2, 0) is 11.2 Å². The molecule has 0 aliphatic carbocycles. The number of halogens is 1. The summed E-state index contributed by atoms with van der Waals surface area (Å²) in [6, 6.07) is 11.8. The second kappa shape index (κ2) is 10.3. The van der Waals surface area contributed by atoms with Crippen LogP contribution >= 0.6 is 11.6 Å². The summed E-state index contributed by atoms with van der Waals surface area (Å²) in [5, 5.41) is 11.8. The lowest BCUT2D eigenvalue weighted by atomic mass is 9.85. The van der Waals surface area contributed by atoms with Crippen molar-refractivity contribution in [3.63, 3.8) is 0 Å². The first-order valence-electron chi connectivity index (χ1n) is 9.87. The molecule has 0 bridgehead atoms. The van der Waals surface area contributed by atoms with Crippen LogP contribution < -0.4 is 14.2 Å². The number of carbonyl (C=O) groups is 1. The van der Waals surface area contributed by atoms with Gasteiger partial charge >= 0.3 is 0 Å². The first kappa shape index (κ1) is 22.7. The number of hydrogen-bond acceptors (Lipinski definition) is 6. The molecule has 0 radical (unpaired) electrons. The molecule has 2 aromatic rings. The highest BCUT2D eigenvalue weighted by molar-refractivity contribution is 6.17. The van der Waals surface area contributed by atoms with E-state index in [4.69, 9.17) is 25.8 Å². The van der Waals surface area contributed by atoms with Crippen LogP contribution in [0, 0.1) is 10.1 Å². The Morgan fingerprint density at radius 1 is 1.13 bits per heavy atom. The fraction of sp³-hybridized carbons (Fsp3) is 0.409. The Labute approximate surface area is 185 Å². The van der Waals surface area contributed by atoms with Crippen molar-refractivity contribution in [1.82, 2.24) is 4.90 Å². The topological polar surface area (TPSA) is 91.1 Å². The summed E-state index contributed by atoms with van der Waals surface area (Å²) < 4.78 is 15.8. The molecule has 1 amide bonds. The summed E-state index contributed by atoms with van der Waals surface area (Å²) >= 11 is 5.55. The van der Waals surface area contributed by atoms with Gasteiger partial charge in [0.1, 0.15) is 5.75 Å². The summed E-state index contributed by atoms with van der Waals surface area (Å²) in [5.74, 6) is 1.07. The molecule has 2 atom stereocenters. The first-order valence-corrected chi connectivity index (χ1v) is 10.4. The number of benzene rings is 2. The number of alkyl halides is 1. The lowest BCUT2D eigenvalue weighted by Gasteiger charge is -2.34. The Balaban J connectivity index is 1.71. The number of amides is 1. The largest absolute Gasteiger partial charge is 0.493 e. The van der Waals surface area contributed by atoms with Crippen molar-refractivity contribution >= 4 is 17.5 Å². The number of hydrogen-bond donors (Lipinski definition) is 0. The molecule has 0 saturated carbocycles. The van der Waals surface area contributed by atoms with Crippen LogP contribution in [0.3, 0.4) is 0 Å². The van der Waals surface area contributed by atoms with E-state index in [0.29, 0.717) is 35.8 Å². The quantitative estimate of drug-likeness (QED) is 0.331. The molecule has 8 nitrogen and oxygen atoms in total. The summed E-state index contributed by atoms with van der Waals surface area (Å²) in [5.41, 5.74) is 1.71. The third-order valence-electron chi connectivity index (χ3n) is 5.54. The molecule has 1 aliphatic heterocycles. The van der Waals surface area contributed by atoms with Crippen LogP contribution in [-0.4, -0.2) is 55.1 Å². The lowest BCUT2D eigenvalue weighted by molar-refractivity contribution is -0.528. The highest BCUT2D eigenvalue weighted by atomic mass is 35.5. The zero-order valence-electron chi connectivity index (χ0n) is 17.5. The molecule has 1 fully saturated rings. The molecule has 1 saturated heterocycles. The summed E-state index contributed by atoms with van der Waals surface area (Å²) in [7, 11) is 3.03. The van der Waals surface area contributed by atoms with E-state index in [9.17, 15) is 14.9 Å². The van der Waals surface area contributed by atoms with Gasteiger partial charge < -0.3 is 19.1 Å². The van der Waals surface area contributed by atoms with Crippen molar-refractivity contribution in [3.05, 3.63) is 63.7 Å². The normalized spacial score (nSPS) is 18.5. The predicted molar refractivity (Wildman–Crippen MR) is 116 cm³/mol. The van der Waals surface area contributed by atoms with E-state index in [2.05, 4.69) is 0 Å². The van der Waals surface area contributed by atoms with Gasteiger partial charge in [0, 0.05) is 17.9 Å². The van der Waals surface area contributed by atoms with Crippen molar-refractivity contribution < 1.29 is 23.9 Å². The van der Waals surface area contributed by atoms with Crippen molar-refractivity contribution in [2.45, 2.75) is 24.8 Å². The third-order valence-corrected chi connectivity index (χ3v) is 5.65. The maximum atomic E-state index is 12.8. The van der Waals surface area contributed by atoms with Crippen LogP contribution in [0.4, 0.5) is 0 Å². The van der Waals surface area contributed by atoms with Crippen molar-refractivity contribution in [3.8, 4) is 17.2 Å². The van der Waals surface area contributed by atoms with E-state index in [1.165, 1.54) is 14.2 Å². The molecule has 0 N–H and O–H groups in total. The summed E-state index contributed by atoms with van der Waals surface area (Å²) in [6.45, 7) is 0.482. The molecule has 0 aromatic heterocycles. The predicted octanol–water partition coefficient (Wildman–Crippen LogP) is 3.48. The maximum Gasteiger partial charge on any atom is 0.237 e. The molecular formula is C22H25ClN2O6. The Hall–Kier alpha value is -3.00. The molecule has 1 heterocycles. The first-order chi connectivity index (χ1) is 15.0. The number of piperidine rings is 1. The Bertz CT molecular complexity index is 921. The van der Waals surface area contributed by atoms with Crippen LogP contribution in [0.1, 0.15) is 23.5 Å². The van der Waals surface area contributed by atoms with Gasteiger partial charge in [-0.1, -0.05) is 29.8 Å². The van der Waals surface area contributed by atoms with Crippen molar-refractivity contribution in [1.29, 1.82) is 0 Å². The maximum absolute atomic E-state index is 12.8. The smallest absolute Gasteiger partial charge is 0.237 e. The molecule has 0 spiro atoms. The SMILES string of the molecule is COc1ccc(C2CC(=O)N(CCc3ccc(OCCl)cc3)CC2[N+](=O)[O-])cc1OC. The Morgan fingerprint density at radius 3 is 2.45 bits per heavy atom. The van der Waals surface area contributed by atoms with Crippen LogP contribution in [0.2, 0.25) is 0 Å². The highest BCUT2D eigenvalue weighted by Gasteiger charge is 2.42. The minimum Gasteiger partial charge on any atom is -0.493 e. The molecule has 2 unspecified atom stereocenters. The van der Waals surface area contributed by atoms with E-state index in [1.807, 2.05) is 24.3 Å². The third kappa shape index (κ3) is 5.38. The molecule has 2 aromatic carbocycles. The van der Waals surface area contributed by atoms with Crippen molar-refractivity contribution in [2.24, 2.45) is 0 Å². The molecule has 166 valence electrons. The number of likely N-dealkylation sites (tertiary alicyclic amines) is 1. The van der Waals surface area contributed by atoms with Gasteiger partial charge in [0.15, 0.2) is 17.6 Å². The number of ether oxygens (including phenoxy) is 3. The van der Waals surface area contributed by atoms with Crippen LogP contribution in [0.5, 0.6) is 17.2 Å². The lowest BCUT2D eigenvalue weighted by Crippen LogP contribution is -2.50. The van der Waals surface area contributed by atoms with Gasteiger partial charge in [0.2, 0.25) is 11.9 Å². The standard InChI is InChI=1S/C22H25ClN2O6/c1-29-20-8-5-16(11-21(20)30-2)18-12-22(26)24(13-19(18)25(27)28)10-9-15-3-6-17(7-4-15)31-14-23/h3-8,11,18-19H,9-10,12-14H2,1-2H3. The zero-order valence-corrected chi connectivity index (χ0v) is 18.2. The van der Waals surface area contributed by atoms with Crippen LogP contribution in [0.25, 0.3) is 0 Å². The van der Waals surface area contributed by atoms with Crippen molar-refractivity contribution in [2.75, 3.05) is 33.4 Å². The Kier molecular flexibility index (Phi) is 7.57.